The Bertz CT molecular complexity index is 751. The van der Waals surface area contributed by atoms with E-state index in [0.29, 0.717) is 31.0 Å². The second-order valence-electron chi connectivity index (χ2n) is 5.44. The summed E-state index contributed by atoms with van der Waals surface area (Å²) in [4.78, 5) is 4.08. The standard InChI is InChI=1S/C16H17FN2O3S/c17-14-6-4-13(5-7-14)12-23(20,21)19-10-8-15(11-19)22-16-3-1-2-9-18-16/h1-7,9,15H,8,10-12H2/t15-/m1/s1. The van der Waals surface area contributed by atoms with Gasteiger partial charge in [-0.3, -0.25) is 0 Å². The second-order valence-corrected chi connectivity index (χ2v) is 7.41. The summed E-state index contributed by atoms with van der Waals surface area (Å²) in [5.74, 6) is -0.0183. The Morgan fingerprint density at radius 3 is 2.70 bits per heavy atom. The zero-order chi connectivity index (χ0) is 16.3. The van der Waals surface area contributed by atoms with Gasteiger partial charge in [0.15, 0.2) is 0 Å². The van der Waals surface area contributed by atoms with Gasteiger partial charge in [0.05, 0.1) is 12.3 Å². The highest BCUT2D eigenvalue weighted by Crippen LogP contribution is 2.21. The van der Waals surface area contributed by atoms with E-state index < -0.39 is 10.0 Å². The summed E-state index contributed by atoms with van der Waals surface area (Å²) in [7, 11) is -3.44. The van der Waals surface area contributed by atoms with Crippen LogP contribution < -0.4 is 4.74 Å². The minimum Gasteiger partial charge on any atom is -0.473 e. The highest BCUT2D eigenvalue weighted by Gasteiger charge is 2.32. The minimum atomic E-state index is -3.44. The third-order valence-electron chi connectivity index (χ3n) is 3.69. The quantitative estimate of drug-likeness (QED) is 0.840. The van der Waals surface area contributed by atoms with Crippen molar-refractivity contribution in [2.24, 2.45) is 0 Å². The molecular weight excluding hydrogens is 319 g/mol. The summed E-state index contributed by atoms with van der Waals surface area (Å²) in [5.41, 5.74) is 0.570. The zero-order valence-electron chi connectivity index (χ0n) is 12.4. The van der Waals surface area contributed by atoms with Crippen LogP contribution in [0.1, 0.15) is 12.0 Å². The van der Waals surface area contributed by atoms with Crippen molar-refractivity contribution in [1.82, 2.24) is 9.29 Å². The Hall–Kier alpha value is -1.99. The molecule has 23 heavy (non-hydrogen) atoms. The Balaban J connectivity index is 1.62. The second kappa shape index (κ2) is 6.64. The third kappa shape index (κ3) is 4.05. The summed E-state index contributed by atoms with van der Waals surface area (Å²) >= 11 is 0. The fourth-order valence-corrected chi connectivity index (χ4v) is 4.09. The molecule has 1 saturated heterocycles. The Morgan fingerprint density at radius 2 is 2.00 bits per heavy atom. The first kappa shape index (κ1) is 15.9. The van der Waals surface area contributed by atoms with E-state index in [9.17, 15) is 12.8 Å². The summed E-state index contributed by atoms with van der Waals surface area (Å²) < 4.78 is 44.9. The van der Waals surface area contributed by atoms with Crippen LogP contribution in [0.2, 0.25) is 0 Å². The molecule has 0 spiro atoms. The smallest absolute Gasteiger partial charge is 0.218 e. The van der Waals surface area contributed by atoms with Crippen LogP contribution in [0.25, 0.3) is 0 Å². The van der Waals surface area contributed by atoms with Crippen molar-refractivity contribution in [2.45, 2.75) is 18.3 Å². The molecule has 1 aromatic carbocycles. The number of rotatable bonds is 5. The topological polar surface area (TPSA) is 59.5 Å². The molecule has 1 aromatic heterocycles. The van der Waals surface area contributed by atoms with Gasteiger partial charge < -0.3 is 4.74 Å². The summed E-state index contributed by atoms with van der Waals surface area (Å²) in [6.45, 7) is 0.723. The number of benzene rings is 1. The number of hydrogen-bond acceptors (Lipinski definition) is 4. The van der Waals surface area contributed by atoms with Crippen molar-refractivity contribution in [3.05, 3.63) is 60.0 Å². The molecule has 0 unspecified atom stereocenters. The molecule has 0 amide bonds. The largest absolute Gasteiger partial charge is 0.473 e. The first-order chi connectivity index (χ1) is 11.0. The molecule has 1 fully saturated rings. The lowest BCUT2D eigenvalue weighted by Gasteiger charge is -2.17. The van der Waals surface area contributed by atoms with Gasteiger partial charge >= 0.3 is 0 Å². The molecular formula is C16H17FN2O3S. The van der Waals surface area contributed by atoms with Crippen LogP contribution in [-0.4, -0.2) is 36.9 Å². The minimum absolute atomic E-state index is 0.135. The summed E-state index contributed by atoms with van der Waals surface area (Å²) in [5, 5.41) is 0. The molecule has 2 aromatic rings. The molecule has 0 bridgehead atoms. The highest BCUT2D eigenvalue weighted by atomic mass is 32.2. The van der Waals surface area contributed by atoms with E-state index >= 15 is 0 Å². The van der Waals surface area contributed by atoms with Crippen molar-refractivity contribution >= 4 is 10.0 Å². The lowest BCUT2D eigenvalue weighted by Crippen LogP contribution is -2.32. The normalized spacial score (nSPS) is 18.9. The molecule has 1 aliphatic rings. The number of nitrogens with zero attached hydrogens (tertiary/aromatic N) is 2. The maximum atomic E-state index is 12.9. The van der Waals surface area contributed by atoms with E-state index in [-0.39, 0.29) is 17.7 Å². The molecule has 1 aliphatic heterocycles. The first-order valence-electron chi connectivity index (χ1n) is 7.33. The number of aromatic nitrogens is 1. The summed E-state index contributed by atoms with van der Waals surface area (Å²) in [6, 6.07) is 10.9. The Labute approximate surface area is 134 Å². The van der Waals surface area contributed by atoms with Gasteiger partial charge in [-0.25, -0.2) is 17.8 Å². The molecule has 0 radical (unpaired) electrons. The lowest BCUT2D eigenvalue weighted by molar-refractivity contribution is 0.207. The van der Waals surface area contributed by atoms with Crippen LogP contribution in [0.4, 0.5) is 4.39 Å². The maximum absolute atomic E-state index is 12.9. The fraction of sp³-hybridized carbons (Fsp3) is 0.312. The van der Waals surface area contributed by atoms with Crippen molar-refractivity contribution in [1.29, 1.82) is 0 Å². The molecule has 122 valence electrons. The van der Waals surface area contributed by atoms with Gasteiger partial charge in [0.1, 0.15) is 11.9 Å². The van der Waals surface area contributed by atoms with Crippen LogP contribution in [0, 0.1) is 5.82 Å². The van der Waals surface area contributed by atoms with E-state index in [1.54, 1.807) is 18.3 Å². The maximum Gasteiger partial charge on any atom is 0.218 e. The van der Waals surface area contributed by atoms with Crippen molar-refractivity contribution in [2.75, 3.05) is 13.1 Å². The summed E-state index contributed by atoms with van der Waals surface area (Å²) in [6.07, 6.45) is 2.06. The van der Waals surface area contributed by atoms with Gasteiger partial charge in [-0.1, -0.05) is 18.2 Å². The number of hydrogen-bond donors (Lipinski definition) is 0. The molecule has 1 atom stereocenters. The number of halogens is 1. The molecule has 2 heterocycles. The first-order valence-corrected chi connectivity index (χ1v) is 8.94. The molecule has 7 heteroatoms. The fourth-order valence-electron chi connectivity index (χ4n) is 2.52. The van der Waals surface area contributed by atoms with Crippen molar-refractivity contribution in [3.8, 4) is 5.88 Å². The van der Waals surface area contributed by atoms with E-state index in [0.717, 1.165) is 0 Å². The van der Waals surface area contributed by atoms with E-state index in [1.807, 2.05) is 6.07 Å². The van der Waals surface area contributed by atoms with Crippen LogP contribution in [0.5, 0.6) is 5.88 Å². The van der Waals surface area contributed by atoms with Crippen LogP contribution >= 0.6 is 0 Å². The van der Waals surface area contributed by atoms with E-state index in [1.165, 1.54) is 28.6 Å². The molecule has 0 aliphatic carbocycles. The number of sulfonamides is 1. The predicted octanol–water partition coefficient (Wildman–Crippen LogP) is 2.20. The average molecular weight is 336 g/mol. The van der Waals surface area contributed by atoms with Gasteiger partial charge in [-0.05, 0) is 30.2 Å². The molecule has 5 nitrogen and oxygen atoms in total. The molecule has 0 N–H and O–H groups in total. The SMILES string of the molecule is O=S(=O)(Cc1ccc(F)cc1)N1CC[C@@H](Oc2ccccn2)C1. The van der Waals surface area contributed by atoms with Crippen LogP contribution in [0.3, 0.4) is 0 Å². The Morgan fingerprint density at radius 1 is 1.22 bits per heavy atom. The van der Waals surface area contributed by atoms with E-state index in [4.69, 9.17) is 4.74 Å². The van der Waals surface area contributed by atoms with E-state index in [2.05, 4.69) is 4.98 Å². The predicted molar refractivity (Wildman–Crippen MR) is 83.9 cm³/mol. The van der Waals surface area contributed by atoms with Crippen molar-refractivity contribution in [3.63, 3.8) is 0 Å². The Kier molecular flexibility index (Phi) is 4.58. The zero-order valence-corrected chi connectivity index (χ0v) is 13.2. The molecule has 3 rings (SSSR count). The van der Waals surface area contributed by atoms with Gasteiger partial charge in [-0.2, -0.15) is 4.31 Å². The number of pyridine rings is 1. The van der Waals surface area contributed by atoms with Crippen molar-refractivity contribution < 1.29 is 17.5 Å². The number of ether oxygens (including phenoxy) is 1. The van der Waals surface area contributed by atoms with Gasteiger partial charge in [0.2, 0.25) is 15.9 Å². The highest BCUT2D eigenvalue weighted by molar-refractivity contribution is 7.88. The monoisotopic (exact) mass is 336 g/mol. The van der Waals surface area contributed by atoms with Gasteiger partial charge in [-0.15, -0.1) is 0 Å². The lowest BCUT2D eigenvalue weighted by atomic mass is 10.2. The van der Waals surface area contributed by atoms with Gasteiger partial charge in [0.25, 0.3) is 0 Å². The average Bonchev–Trinajstić information content (AvgIpc) is 3.00. The van der Waals surface area contributed by atoms with Crippen LogP contribution in [0.15, 0.2) is 48.7 Å². The molecule has 0 saturated carbocycles. The van der Waals surface area contributed by atoms with Gasteiger partial charge in [0, 0.05) is 18.8 Å². The third-order valence-corrected chi connectivity index (χ3v) is 5.51. The van der Waals surface area contributed by atoms with Crippen LogP contribution in [-0.2, 0) is 15.8 Å².